The zero-order valence-corrected chi connectivity index (χ0v) is 13.1. The van der Waals surface area contributed by atoms with Crippen LogP contribution < -0.4 is 5.32 Å². The number of hydrogen-bond donors (Lipinski definition) is 1. The van der Waals surface area contributed by atoms with Crippen molar-refractivity contribution in [3.63, 3.8) is 0 Å². The van der Waals surface area contributed by atoms with Crippen molar-refractivity contribution in [3.05, 3.63) is 60.1 Å². The van der Waals surface area contributed by atoms with Gasteiger partial charge in [0, 0.05) is 11.8 Å². The van der Waals surface area contributed by atoms with Crippen LogP contribution in [0.25, 0.3) is 6.08 Å². The highest BCUT2D eigenvalue weighted by molar-refractivity contribution is 5.95. The molecular formula is C18H19NO4. The zero-order valence-electron chi connectivity index (χ0n) is 13.1. The largest absolute Gasteiger partial charge is 0.465 e. The molecule has 5 nitrogen and oxygen atoms in total. The second-order valence-electron chi connectivity index (χ2n) is 5.25. The molecule has 0 spiro atoms. The van der Waals surface area contributed by atoms with Crippen LogP contribution in [-0.2, 0) is 14.3 Å². The molecule has 0 aliphatic carbocycles. The molecule has 0 bridgehead atoms. The molecular weight excluding hydrogens is 294 g/mol. The summed E-state index contributed by atoms with van der Waals surface area (Å²) >= 11 is 0. The number of benzene rings is 1. The predicted molar refractivity (Wildman–Crippen MR) is 87.9 cm³/mol. The number of hydrogen-bond acceptors (Lipinski definition) is 4. The van der Waals surface area contributed by atoms with Crippen molar-refractivity contribution in [2.75, 3.05) is 11.9 Å². The molecule has 1 amide bonds. The lowest BCUT2D eigenvalue weighted by Crippen LogP contribution is -2.21. The number of para-hydroxylation sites is 1. The normalized spacial score (nSPS) is 10.9. The first-order valence-corrected chi connectivity index (χ1v) is 7.33. The van der Waals surface area contributed by atoms with E-state index < -0.39 is 5.97 Å². The van der Waals surface area contributed by atoms with E-state index in [1.54, 1.807) is 12.1 Å². The van der Waals surface area contributed by atoms with Crippen molar-refractivity contribution in [1.29, 1.82) is 0 Å². The van der Waals surface area contributed by atoms with Crippen LogP contribution in [0.4, 0.5) is 5.69 Å². The molecule has 2 aromatic rings. The van der Waals surface area contributed by atoms with Crippen molar-refractivity contribution in [2.45, 2.75) is 19.8 Å². The molecule has 0 radical (unpaired) electrons. The molecule has 2 rings (SSSR count). The summed E-state index contributed by atoms with van der Waals surface area (Å²) in [6.07, 6.45) is 4.20. The average molecular weight is 313 g/mol. The topological polar surface area (TPSA) is 68.5 Å². The highest BCUT2D eigenvalue weighted by atomic mass is 16.5. The van der Waals surface area contributed by atoms with Gasteiger partial charge in [-0.25, -0.2) is 4.79 Å². The van der Waals surface area contributed by atoms with Gasteiger partial charge in [0.15, 0.2) is 6.61 Å². The zero-order chi connectivity index (χ0) is 16.7. The third kappa shape index (κ3) is 5.14. The number of furan rings is 1. The maximum absolute atomic E-state index is 11.9. The lowest BCUT2D eigenvalue weighted by atomic mass is 10.0. The van der Waals surface area contributed by atoms with E-state index in [-0.39, 0.29) is 18.4 Å². The Kier molecular flexibility index (Phi) is 5.74. The van der Waals surface area contributed by atoms with E-state index in [0.717, 1.165) is 11.3 Å². The molecule has 23 heavy (non-hydrogen) atoms. The van der Waals surface area contributed by atoms with Gasteiger partial charge in [-0.15, -0.1) is 0 Å². The van der Waals surface area contributed by atoms with Crippen molar-refractivity contribution in [1.82, 2.24) is 0 Å². The summed E-state index contributed by atoms with van der Waals surface area (Å²) in [4.78, 5) is 23.4. The minimum atomic E-state index is -0.603. The van der Waals surface area contributed by atoms with Gasteiger partial charge in [0.05, 0.1) is 6.26 Å². The van der Waals surface area contributed by atoms with Gasteiger partial charge in [-0.05, 0) is 35.8 Å². The summed E-state index contributed by atoms with van der Waals surface area (Å²) in [5.74, 6) is -0.158. The van der Waals surface area contributed by atoms with Gasteiger partial charge < -0.3 is 14.5 Å². The van der Waals surface area contributed by atoms with Gasteiger partial charge >= 0.3 is 5.97 Å². The fourth-order valence-electron chi connectivity index (χ4n) is 2.02. The van der Waals surface area contributed by atoms with Gasteiger partial charge in [0.25, 0.3) is 5.91 Å². The van der Waals surface area contributed by atoms with E-state index in [4.69, 9.17) is 9.15 Å². The van der Waals surface area contributed by atoms with Crippen LogP contribution in [0.1, 0.15) is 31.1 Å². The summed E-state index contributed by atoms with van der Waals surface area (Å²) in [6, 6.07) is 11.0. The number of rotatable bonds is 6. The van der Waals surface area contributed by atoms with Crippen molar-refractivity contribution < 1.29 is 18.7 Å². The SMILES string of the molecule is CC(C)c1ccccc1NC(=O)COC(=O)/C=C/c1ccco1. The van der Waals surface area contributed by atoms with Crippen molar-refractivity contribution in [3.8, 4) is 0 Å². The first kappa shape index (κ1) is 16.5. The minimum absolute atomic E-state index is 0.283. The Labute approximate surface area is 134 Å². The van der Waals surface area contributed by atoms with Gasteiger partial charge in [0.2, 0.25) is 0 Å². The Hall–Kier alpha value is -2.82. The number of carbonyl (C=O) groups excluding carboxylic acids is 2. The second kappa shape index (κ2) is 7.98. The van der Waals surface area contributed by atoms with E-state index in [9.17, 15) is 9.59 Å². The average Bonchev–Trinajstić information content (AvgIpc) is 3.04. The summed E-state index contributed by atoms with van der Waals surface area (Å²) in [5, 5.41) is 2.76. The summed E-state index contributed by atoms with van der Waals surface area (Å²) < 4.78 is 9.95. The Morgan fingerprint density at radius 2 is 2.00 bits per heavy atom. The number of esters is 1. The maximum atomic E-state index is 11.9. The van der Waals surface area contributed by atoms with Crippen LogP contribution in [-0.4, -0.2) is 18.5 Å². The summed E-state index contributed by atoms with van der Waals surface area (Å²) in [7, 11) is 0. The molecule has 5 heteroatoms. The van der Waals surface area contributed by atoms with Crippen LogP contribution in [0.5, 0.6) is 0 Å². The van der Waals surface area contributed by atoms with Crippen LogP contribution in [0, 0.1) is 0 Å². The fourth-order valence-corrected chi connectivity index (χ4v) is 2.02. The molecule has 1 N–H and O–H groups in total. The Morgan fingerprint density at radius 1 is 1.22 bits per heavy atom. The highest BCUT2D eigenvalue weighted by Gasteiger charge is 2.10. The second-order valence-corrected chi connectivity index (χ2v) is 5.25. The third-order valence-electron chi connectivity index (χ3n) is 3.13. The molecule has 120 valence electrons. The molecule has 0 aliphatic rings. The maximum Gasteiger partial charge on any atom is 0.331 e. The summed E-state index contributed by atoms with van der Waals surface area (Å²) in [6.45, 7) is 3.75. The Bertz CT molecular complexity index is 687. The molecule has 1 heterocycles. The molecule has 0 saturated heterocycles. The standard InChI is InChI=1S/C18H19NO4/c1-13(2)15-7-3-4-8-16(15)19-17(20)12-23-18(21)10-9-14-6-5-11-22-14/h3-11,13H,12H2,1-2H3,(H,19,20)/b10-9+. The Balaban J connectivity index is 1.85. The first-order chi connectivity index (χ1) is 11.1. The molecule has 1 aromatic carbocycles. The van der Waals surface area contributed by atoms with E-state index in [2.05, 4.69) is 5.32 Å². The van der Waals surface area contributed by atoms with Crippen molar-refractivity contribution >= 4 is 23.6 Å². The lowest BCUT2D eigenvalue weighted by Gasteiger charge is -2.13. The quantitative estimate of drug-likeness (QED) is 0.653. The third-order valence-corrected chi connectivity index (χ3v) is 3.13. The number of anilines is 1. The molecule has 0 fully saturated rings. The van der Waals surface area contributed by atoms with Gasteiger partial charge in [-0.2, -0.15) is 0 Å². The molecule has 1 aromatic heterocycles. The fraction of sp³-hybridized carbons (Fsp3) is 0.222. The van der Waals surface area contributed by atoms with Crippen molar-refractivity contribution in [2.24, 2.45) is 0 Å². The molecule has 0 atom stereocenters. The molecule has 0 aliphatic heterocycles. The van der Waals surface area contributed by atoms with E-state index in [0.29, 0.717) is 5.76 Å². The van der Waals surface area contributed by atoms with Crippen LogP contribution >= 0.6 is 0 Å². The van der Waals surface area contributed by atoms with Crippen LogP contribution in [0.3, 0.4) is 0 Å². The van der Waals surface area contributed by atoms with E-state index in [1.807, 2.05) is 38.1 Å². The predicted octanol–water partition coefficient (Wildman–Crippen LogP) is 3.60. The number of ether oxygens (including phenoxy) is 1. The molecule has 0 unspecified atom stereocenters. The lowest BCUT2D eigenvalue weighted by molar-refractivity contribution is -0.142. The summed E-state index contributed by atoms with van der Waals surface area (Å²) in [5.41, 5.74) is 1.76. The van der Waals surface area contributed by atoms with Gasteiger partial charge in [0.1, 0.15) is 5.76 Å². The first-order valence-electron chi connectivity index (χ1n) is 7.33. The minimum Gasteiger partial charge on any atom is -0.465 e. The monoisotopic (exact) mass is 313 g/mol. The number of nitrogens with one attached hydrogen (secondary N) is 1. The number of amides is 1. The number of carbonyl (C=O) groups is 2. The van der Waals surface area contributed by atoms with Gasteiger partial charge in [-0.3, -0.25) is 4.79 Å². The van der Waals surface area contributed by atoms with Crippen LogP contribution in [0.2, 0.25) is 0 Å². The molecule has 0 saturated carbocycles. The van der Waals surface area contributed by atoms with E-state index >= 15 is 0 Å². The van der Waals surface area contributed by atoms with E-state index in [1.165, 1.54) is 18.4 Å². The van der Waals surface area contributed by atoms with Gasteiger partial charge in [-0.1, -0.05) is 32.0 Å². The smallest absolute Gasteiger partial charge is 0.331 e. The highest BCUT2D eigenvalue weighted by Crippen LogP contribution is 2.23. The van der Waals surface area contributed by atoms with Crippen LogP contribution in [0.15, 0.2) is 53.2 Å². The Morgan fingerprint density at radius 3 is 2.70 bits per heavy atom.